The number of nitrogens with zero attached hydrogens (tertiary/aromatic N) is 1. The summed E-state index contributed by atoms with van der Waals surface area (Å²) in [5, 5.41) is 13.2. The van der Waals surface area contributed by atoms with Crippen molar-refractivity contribution in [2.45, 2.75) is 33.3 Å². The number of aryl methyl sites for hydroxylation is 1. The van der Waals surface area contributed by atoms with Crippen LogP contribution in [-0.4, -0.2) is 55.4 Å². The predicted octanol–water partition coefficient (Wildman–Crippen LogP) is 1.92. The highest BCUT2D eigenvalue weighted by atomic mass is 16.5. The normalized spacial score (nSPS) is 12.6. The van der Waals surface area contributed by atoms with Gasteiger partial charge in [0, 0.05) is 19.6 Å². The number of benzene rings is 1. The van der Waals surface area contributed by atoms with E-state index in [2.05, 4.69) is 43.1 Å². The molecule has 0 aliphatic heterocycles. The van der Waals surface area contributed by atoms with Crippen LogP contribution in [0.1, 0.15) is 26.3 Å². The van der Waals surface area contributed by atoms with Crippen molar-refractivity contribution in [3.05, 3.63) is 29.8 Å². The highest BCUT2D eigenvalue weighted by Gasteiger charge is 2.05. The number of hydrogen-bond donors (Lipinski definition) is 2. The van der Waals surface area contributed by atoms with Crippen LogP contribution in [0, 0.1) is 0 Å². The van der Waals surface area contributed by atoms with Crippen LogP contribution in [0.4, 0.5) is 0 Å². The molecule has 21 heavy (non-hydrogen) atoms. The molecule has 1 unspecified atom stereocenters. The smallest absolute Gasteiger partial charge is 0.119 e. The summed E-state index contributed by atoms with van der Waals surface area (Å²) in [6.45, 7) is 11.4. The van der Waals surface area contributed by atoms with Crippen LogP contribution in [0.15, 0.2) is 24.3 Å². The van der Waals surface area contributed by atoms with Crippen molar-refractivity contribution >= 4 is 0 Å². The minimum atomic E-state index is -0.479. The highest BCUT2D eigenvalue weighted by molar-refractivity contribution is 5.27. The number of rotatable bonds is 11. The van der Waals surface area contributed by atoms with Gasteiger partial charge in [-0.2, -0.15) is 0 Å². The molecule has 0 aromatic heterocycles. The standard InChI is InChI=1S/C17H30N2O2/c1-4-15-7-9-17(10-8-15)21-14-16(20)13-18-11-12-19(5-2)6-3/h7-10,16,18,20H,4-6,11-14H2,1-3H3. The largest absolute Gasteiger partial charge is 0.491 e. The van der Waals surface area contributed by atoms with Crippen molar-refractivity contribution in [2.75, 3.05) is 39.3 Å². The first-order chi connectivity index (χ1) is 10.2. The van der Waals surface area contributed by atoms with Gasteiger partial charge in [0.15, 0.2) is 0 Å². The number of hydrogen-bond acceptors (Lipinski definition) is 4. The van der Waals surface area contributed by atoms with Gasteiger partial charge in [-0.3, -0.25) is 0 Å². The molecule has 4 heteroatoms. The molecule has 1 aromatic rings. The Kier molecular flexibility index (Phi) is 9.06. The quantitative estimate of drug-likeness (QED) is 0.612. The SMILES string of the molecule is CCc1ccc(OCC(O)CNCCN(CC)CC)cc1. The molecule has 1 atom stereocenters. The molecule has 0 saturated heterocycles. The Hall–Kier alpha value is -1.10. The van der Waals surface area contributed by atoms with Crippen LogP contribution in [0.5, 0.6) is 5.75 Å². The molecule has 4 nitrogen and oxygen atoms in total. The number of nitrogens with one attached hydrogen (secondary N) is 1. The van der Waals surface area contributed by atoms with Crippen LogP contribution >= 0.6 is 0 Å². The first kappa shape index (κ1) is 18.0. The molecule has 1 rings (SSSR count). The van der Waals surface area contributed by atoms with Crippen LogP contribution in [0.2, 0.25) is 0 Å². The van der Waals surface area contributed by atoms with Gasteiger partial charge in [-0.15, -0.1) is 0 Å². The molecule has 2 N–H and O–H groups in total. The highest BCUT2D eigenvalue weighted by Crippen LogP contribution is 2.12. The fourth-order valence-electron chi connectivity index (χ4n) is 2.12. The van der Waals surface area contributed by atoms with E-state index in [9.17, 15) is 5.11 Å². The van der Waals surface area contributed by atoms with E-state index in [1.165, 1.54) is 5.56 Å². The van der Waals surface area contributed by atoms with Crippen molar-refractivity contribution in [3.8, 4) is 5.75 Å². The molecular weight excluding hydrogens is 264 g/mol. The van der Waals surface area contributed by atoms with Gasteiger partial charge in [0.1, 0.15) is 18.5 Å². The number of aliphatic hydroxyl groups excluding tert-OH is 1. The molecule has 0 radical (unpaired) electrons. The molecular formula is C17H30N2O2. The second-order valence-corrected chi connectivity index (χ2v) is 5.19. The van der Waals surface area contributed by atoms with Gasteiger partial charge in [-0.25, -0.2) is 0 Å². The van der Waals surface area contributed by atoms with Crippen molar-refractivity contribution in [1.29, 1.82) is 0 Å². The number of likely N-dealkylation sites (N-methyl/N-ethyl adjacent to an activating group) is 1. The summed E-state index contributed by atoms with van der Waals surface area (Å²) in [7, 11) is 0. The Morgan fingerprint density at radius 1 is 1.14 bits per heavy atom. The van der Waals surface area contributed by atoms with Crippen molar-refractivity contribution in [3.63, 3.8) is 0 Å². The molecule has 0 aliphatic rings. The molecule has 0 bridgehead atoms. The van der Waals surface area contributed by atoms with Gasteiger partial charge < -0.3 is 20.1 Å². The summed E-state index contributed by atoms with van der Waals surface area (Å²) in [5.74, 6) is 0.814. The minimum absolute atomic E-state index is 0.323. The molecule has 0 fully saturated rings. The summed E-state index contributed by atoms with van der Waals surface area (Å²) in [5.41, 5.74) is 1.29. The topological polar surface area (TPSA) is 44.7 Å². The Balaban J connectivity index is 2.14. The zero-order valence-electron chi connectivity index (χ0n) is 13.6. The Morgan fingerprint density at radius 3 is 2.38 bits per heavy atom. The number of aliphatic hydroxyl groups is 1. The molecule has 120 valence electrons. The third kappa shape index (κ3) is 7.46. The lowest BCUT2D eigenvalue weighted by molar-refractivity contribution is 0.106. The van der Waals surface area contributed by atoms with Crippen molar-refractivity contribution in [1.82, 2.24) is 10.2 Å². The van der Waals surface area contributed by atoms with Crippen LogP contribution < -0.4 is 10.1 Å². The summed E-state index contributed by atoms with van der Waals surface area (Å²) in [4.78, 5) is 2.35. The monoisotopic (exact) mass is 294 g/mol. The molecule has 0 amide bonds. The van der Waals surface area contributed by atoms with Gasteiger partial charge in [-0.1, -0.05) is 32.9 Å². The Labute approximate surface area is 129 Å². The molecule has 0 heterocycles. The average Bonchev–Trinajstić information content (AvgIpc) is 2.53. The lowest BCUT2D eigenvalue weighted by Crippen LogP contribution is -2.37. The second kappa shape index (κ2) is 10.6. The van der Waals surface area contributed by atoms with Gasteiger partial charge >= 0.3 is 0 Å². The van der Waals surface area contributed by atoms with Crippen molar-refractivity contribution in [2.24, 2.45) is 0 Å². The van der Waals surface area contributed by atoms with Gasteiger partial charge in [0.05, 0.1) is 0 Å². The first-order valence-corrected chi connectivity index (χ1v) is 8.02. The average molecular weight is 294 g/mol. The molecule has 0 aliphatic carbocycles. The summed E-state index contributed by atoms with van der Waals surface area (Å²) >= 11 is 0. The maximum atomic E-state index is 9.89. The maximum absolute atomic E-state index is 9.89. The summed E-state index contributed by atoms with van der Waals surface area (Å²) in [6, 6.07) is 8.03. The first-order valence-electron chi connectivity index (χ1n) is 8.02. The van der Waals surface area contributed by atoms with Gasteiger partial charge in [0.25, 0.3) is 0 Å². The lowest BCUT2D eigenvalue weighted by Gasteiger charge is -2.19. The van der Waals surface area contributed by atoms with E-state index < -0.39 is 6.10 Å². The predicted molar refractivity (Wildman–Crippen MR) is 88.0 cm³/mol. The zero-order valence-corrected chi connectivity index (χ0v) is 13.6. The van der Waals surface area contributed by atoms with E-state index >= 15 is 0 Å². The van der Waals surface area contributed by atoms with E-state index in [0.717, 1.165) is 38.3 Å². The summed E-state index contributed by atoms with van der Waals surface area (Å²) < 4.78 is 5.59. The van der Waals surface area contributed by atoms with E-state index in [-0.39, 0.29) is 0 Å². The van der Waals surface area contributed by atoms with Crippen LogP contribution in [0.25, 0.3) is 0 Å². The maximum Gasteiger partial charge on any atom is 0.119 e. The molecule has 1 aromatic carbocycles. The Morgan fingerprint density at radius 2 is 1.81 bits per heavy atom. The van der Waals surface area contributed by atoms with Crippen LogP contribution in [0.3, 0.4) is 0 Å². The van der Waals surface area contributed by atoms with E-state index in [0.29, 0.717) is 13.2 Å². The minimum Gasteiger partial charge on any atom is -0.491 e. The molecule has 0 saturated carbocycles. The fraction of sp³-hybridized carbons (Fsp3) is 0.647. The zero-order chi connectivity index (χ0) is 15.5. The molecule has 0 spiro atoms. The van der Waals surface area contributed by atoms with Gasteiger partial charge in [0.2, 0.25) is 0 Å². The van der Waals surface area contributed by atoms with Crippen LogP contribution in [-0.2, 0) is 6.42 Å². The lowest BCUT2D eigenvalue weighted by atomic mass is 10.2. The Bertz CT molecular complexity index is 364. The van der Waals surface area contributed by atoms with Gasteiger partial charge in [-0.05, 0) is 37.2 Å². The summed E-state index contributed by atoms with van der Waals surface area (Å²) in [6.07, 6.45) is 0.548. The third-order valence-electron chi connectivity index (χ3n) is 3.65. The van der Waals surface area contributed by atoms with Crippen molar-refractivity contribution < 1.29 is 9.84 Å². The van der Waals surface area contributed by atoms with E-state index in [1.54, 1.807) is 0 Å². The van der Waals surface area contributed by atoms with E-state index in [1.807, 2.05) is 12.1 Å². The number of ether oxygens (including phenoxy) is 1. The fourth-order valence-corrected chi connectivity index (χ4v) is 2.12. The van der Waals surface area contributed by atoms with E-state index in [4.69, 9.17) is 4.74 Å². The second-order valence-electron chi connectivity index (χ2n) is 5.19. The third-order valence-corrected chi connectivity index (χ3v) is 3.65.